The normalized spacial score (nSPS) is 9.00. The molecule has 5 heteroatoms. The van der Waals surface area contributed by atoms with Gasteiger partial charge in [-0.15, -0.1) is 12.4 Å². The zero-order valence-electron chi connectivity index (χ0n) is 8.78. The highest BCUT2D eigenvalue weighted by atomic mass is 35.5. The van der Waals surface area contributed by atoms with Crippen LogP contribution in [0.15, 0.2) is 0 Å². The number of halogens is 1. The van der Waals surface area contributed by atoms with E-state index in [1.165, 1.54) is 0 Å². The number of carbonyl (C=O) groups is 1. The van der Waals surface area contributed by atoms with Crippen molar-refractivity contribution in [2.75, 3.05) is 26.9 Å². The summed E-state index contributed by atoms with van der Waals surface area (Å²) in [6.45, 7) is 3.44. The van der Waals surface area contributed by atoms with E-state index in [4.69, 9.17) is 14.2 Å². The van der Waals surface area contributed by atoms with Gasteiger partial charge in [-0.25, -0.2) is 4.79 Å². The topological polar surface area (TPSA) is 44.8 Å². The molecule has 4 nitrogen and oxygen atoms in total. The third kappa shape index (κ3) is 11.5. The van der Waals surface area contributed by atoms with E-state index in [0.717, 1.165) is 12.8 Å². The first-order valence-corrected chi connectivity index (χ1v) is 4.59. The van der Waals surface area contributed by atoms with Gasteiger partial charge in [0, 0.05) is 20.1 Å². The van der Waals surface area contributed by atoms with Crippen LogP contribution < -0.4 is 0 Å². The summed E-state index contributed by atoms with van der Waals surface area (Å²) in [6, 6.07) is 0. The van der Waals surface area contributed by atoms with E-state index in [-0.39, 0.29) is 12.4 Å². The second kappa shape index (κ2) is 12.5. The zero-order valence-corrected chi connectivity index (χ0v) is 9.60. The number of methoxy groups -OCH3 is 1. The van der Waals surface area contributed by atoms with Crippen LogP contribution in [0.1, 0.15) is 26.2 Å². The van der Waals surface area contributed by atoms with Crippen LogP contribution in [0.4, 0.5) is 4.79 Å². The lowest BCUT2D eigenvalue weighted by atomic mass is 10.4. The number of rotatable bonds is 7. The molecule has 0 unspecified atom stereocenters. The molecule has 0 N–H and O–H groups in total. The molecule has 0 rings (SSSR count). The molecule has 0 aliphatic heterocycles. The average molecular weight is 227 g/mol. The van der Waals surface area contributed by atoms with Gasteiger partial charge in [0.05, 0.1) is 13.2 Å². The van der Waals surface area contributed by atoms with Gasteiger partial charge < -0.3 is 14.2 Å². The van der Waals surface area contributed by atoms with E-state index >= 15 is 0 Å². The Morgan fingerprint density at radius 3 is 2.14 bits per heavy atom. The van der Waals surface area contributed by atoms with Gasteiger partial charge >= 0.3 is 6.16 Å². The van der Waals surface area contributed by atoms with E-state index in [0.29, 0.717) is 26.2 Å². The lowest BCUT2D eigenvalue weighted by Gasteiger charge is -2.04. The van der Waals surface area contributed by atoms with Gasteiger partial charge in [0.2, 0.25) is 0 Å². The smallest absolute Gasteiger partial charge is 0.434 e. The third-order valence-electron chi connectivity index (χ3n) is 1.43. The van der Waals surface area contributed by atoms with Crippen molar-refractivity contribution in [3.8, 4) is 0 Å². The minimum Gasteiger partial charge on any atom is -0.434 e. The summed E-state index contributed by atoms with van der Waals surface area (Å²) in [5.74, 6) is 0. The third-order valence-corrected chi connectivity index (χ3v) is 1.43. The average Bonchev–Trinajstić information content (AvgIpc) is 2.13. The Morgan fingerprint density at radius 2 is 1.64 bits per heavy atom. The highest BCUT2D eigenvalue weighted by molar-refractivity contribution is 5.85. The van der Waals surface area contributed by atoms with E-state index in [2.05, 4.69) is 0 Å². The number of unbranched alkanes of at least 4 members (excludes halogenated alkanes) is 1. The maximum absolute atomic E-state index is 10.8. The van der Waals surface area contributed by atoms with Crippen molar-refractivity contribution >= 4 is 18.6 Å². The Labute approximate surface area is 91.3 Å². The van der Waals surface area contributed by atoms with Crippen LogP contribution in [-0.2, 0) is 14.2 Å². The molecule has 0 aromatic carbocycles. The summed E-state index contributed by atoms with van der Waals surface area (Å²) >= 11 is 0. The largest absolute Gasteiger partial charge is 0.508 e. The summed E-state index contributed by atoms with van der Waals surface area (Å²) in [4.78, 5) is 10.8. The predicted molar refractivity (Wildman–Crippen MR) is 55.9 cm³/mol. The molecule has 0 radical (unpaired) electrons. The summed E-state index contributed by atoms with van der Waals surface area (Å²) in [5, 5.41) is 0. The molecular formula is C9H19ClO4. The van der Waals surface area contributed by atoms with E-state index in [1.54, 1.807) is 7.11 Å². The Bertz CT molecular complexity index is 130. The van der Waals surface area contributed by atoms with Crippen molar-refractivity contribution in [3.63, 3.8) is 0 Å². The molecule has 0 aromatic heterocycles. The first-order valence-electron chi connectivity index (χ1n) is 4.59. The molecule has 0 saturated carbocycles. The number of hydrogen-bond acceptors (Lipinski definition) is 4. The summed E-state index contributed by atoms with van der Waals surface area (Å²) < 4.78 is 14.3. The first-order chi connectivity index (χ1) is 6.31. The van der Waals surface area contributed by atoms with Gasteiger partial charge in [-0.2, -0.15) is 0 Å². The van der Waals surface area contributed by atoms with E-state index < -0.39 is 6.16 Å². The zero-order chi connectivity index (χ0) is 9.94. The van der Waals surface area contributed by atoms with Gasteiger partial charge in [0.15, 0.2) is 0 Å². The second-order valence-electron chi connectivity index (χ2n) is 2.65. The number of carbonyl (C=O) groups excluding carboxylic acids is 1. The molecule has 0 aliphatic carbocycles. The summed E-state index contributed by atoms with van der Waals surface area (Å²) in [7, 11) is 1.61. The predicted octanol–water partition coefficient (Wildman–Crippen LogP) is 2.40. The van der Waals surface area contributed by atoms with Crippen molar-refractivity contribution in [3.05, 3.63) is 0 Å². The van der Waals surface area contributed by atoms with Crippen LogP contribution in [0, 0.1) is 0 Å². The maximum atomic E-state index is 10.8. The fourth-order valence-electron chi connectivity index (χ4n) is 0.700. The Kier molecular flexibility index (Phi) is 14.3. The minimum absolute atomic E-state index is 0. The molecule has 0 amide bonds. The maximum Gasteiger partial charge on any atom is 0.508 e. The Hall–Kier alpha value is -0.480. The molecule has 0 spiro atoms. The lowest BCUT2D eigenvalue weighted by molar-refractivity contribution is 0.0482. The van der Waals surface area contributed by atoms with Gasteiger partial charge in [-0.3, -0.25) is 0 Å². The van der Waals surface area contributed by atoms with Crippen molar-refractivity contribution < 1.29 is 19.0 Å². The molecule has 14 heavy (non-hydrogen) atoms. The molecule has 0 atom stereocenters. The summed E-state index contributed by atoms with van der Waals surface area (Å²) in [5.41, 5.74) is 0. The summed E-state index contributed by atoms with van der Waals surface area (Å²) in [6.07, 6.45) is 2.02. The van der Waals surface area contributed by atoms with Crippen molar-refractivity contribution in [2.45, 2.75) is 26.2 Å². The number of hydrogen-bond donors (Lipinski definition) is 0. The van der Waals surface area contributed by atoms with E-state index in [1.807, 2.05) is 6.92 Å². The van der Waals surface area contributed by atoms with Crippen LogP contribution in [0.25, 0.3) is 0 Å². The van der Waals surface area contributed by atoms with Crippen LogP contribution in [0.2, 0.25) is 0 Å². The quantitative estimate of drug-likeness (QED) is 0.494. The Balaban J connectivity index is 0. The van der Waals surface area contributed by atoms with Crippen LogP contribution in [0.3, 0.4) is 0 Å². The molecule has 0 saturated heterocycles. The SMILES string of the molecule is CCCCOC(=O)OCCCOC.Cl. The number of ether oxygens (including phenoxy) is 3. The molecule has 0 aromatic rings. The molecule has 0 bridgehead atoms. The fourth-order valence-corrected chi connectivity index (χ4v) is 0.700. The van der Waals surface area contributed by atoms with Crippen LogP contribution in [0.5, 0.6) is 0 Å². The lowest BCUT2D eigenvalue weighted by Crippen LogP contribution is -2.10. The highest BCUT2D eigenvalue weighted by Gasteiger charge is 2.01. The van der Waals surface area contributed by atoms with Crippen molar-refractivity contribution in [1.82, 2.24) is 0 Å². The van der Waals surface area contributed by atoms with Gasteiger partial charge in [-0.05, 0) is 6.42 Å². The van der Waals surface area contributed by atoms with Crippen molar-refractivity contribution in [1.29, 1.82) is 0 Å². The standard InChI is InChI=1S/C9H18O4.ClH/c1-3-4-7-12-9(10)13-8-5-6-11-2;/h3-8H2,1-2H3;1H. The molecule has 0 aliphatic rings. The first kappa shape index (κ1) is 16.0. The van der Waals surface area contributed by atoms with Gasteiger partial charge in [-0.1, -0.05) is 13.3 Å². The van der Waals surface area contributed by atoms with E-state index in [9.17, 15) is 4.79 Å². The second-order valence-corrected chi connectivity index (χ2v) is 2.65. The van der Waals surface area contributed by atoms with Crippen molar-refractivity contribution in [2.24, 2.45) is 0 Å². The molecule has 0 fully saturated rings. The van der Waals surface area contributed by atoms with Gasteiger partial charge in [0.1, 0.15) is 0 Å². The molecule has 0 heterocycles. The monoisotopic (exact) mass is 226 g/mol. The van der Waals surface area contributed by atoms with Crippen LogP contribution >= 0.6 is 12.4 Å². The molecular weight excluding hydrogens is 208 g/mol. The highest BCUT2D eigenvalue weighted by Crippen LogP contribution is 1.92. The van der Waals surface area contributed by atoms with Gasteiger partial charge in [0.25, 0.3) is 0 Å². The fraction of sp³-hybridized carbons (Fsp3) is 0.889. The minimum atomic E-state index is -0.579. The van der Waals surface area contributed by atoms with Crippen LogP contribution in [-0.4, -0.2) is 33.1 Å². The Morgan fingerprint density at radius 1 is 1.07 bits per heavy atom. The molecule has 86 valence electrons.